The largest absolute Gasteiger partial charge is 0.512 e. The van der Waals surface area contributed by atoms with E-state index in [1.807, 2.05) is 0 Å². The Kier molecular flexibility index (Phi) is 9.22. The summed E-state index contributed by atoms with van der Waals surface area (Å²) in [4.78, 5) is 0. The maximum atomic E-state index is 14.4. The molecule has 0 N–H and O–H groups in total. The molecule has 1 fully saturated rings. The average molecular weight is 735 g/mol. The quantitative estimate of drug-likeness (QED) is 0.159. The second-order valence-electron chi connectivity index (χ2n) is 11.2. The van der Waals surface area contributed by atoms with Gasteiger partial charge in [-0.1, -0.05) is 76.5 Å². The van der Waals surface area contributed by atoms with Gasteiger partial charge in [0.1, 0.15) is 33.5 Å². The summed E-state index contributed by atoms with van der Waals surface area (Å²) in [5, 5.41) is 2.12. The van der Waals surface area contributed by atoms with Gasteiger partial charge < -0.3 is 0 Å². The van der Waals surface area contributed by atoms with Crippen LogP contribution in [0.4, 0.5) is 26.3 Å². The highest BCUT2D eigenvalue weighted by Gasteiger charge is 2.80. The van der Waals surface area contributed by atoms with Gasteiger partial charge in [0, 0.05) is 0 Å². The fraction of sp³-hybridized carbons (Fsp3) is 0.226. The molecule has 250 valence electrons. The topological polar surface area (TPSA) is 74.8 Å². The average Bonchev–Trinajstić information content (AvgIpc) is 3.41. The first-order chi connectivity index (χ1) is 21.9. The second kappa shape index (κ2) is 12.2. The molecule has 4 aromatic rings. The monoisotopic (exact) mass is 734 g/mol. The van der Waals surface area contributed by atoms with Crippen molar-refractivity contribution in [1.29, 1.82) is 0 Å². The number of hydrogen-bond acceptors (Lipinski definition) is 5. The van der Waals surface area contributed by atoms with Gasteiger partial charge in [-0.15, -0.1) is 0 Å². The second-order valence-corrected chi connectivity index (χ2v) is 22.2. The molecule has 0 aliphatic carbocycles. The molecule has 1 saturated heterocycles. The van der Waals surface area contributed by atoms with Crippen molar-refractivity contribution in [3.05, 3.63) is 121 Å². The Bertz CT molecular complexity index is 1720. The van der Waals surface area contributed by atoms with Crippen molar-refractivity contribution < 1.29 is 43.2 Å². The van der Waals surface area contributed by atoms with E-state index < -0.39 is 55.3 Å². The van der Waals surface area contributed by atoms with Crippen LogP contribution >= 0.6 is 14.8 Å². The van der Waals surface area contributed by atoms with Crippen LogP contribution in [0.25, 0.3) is 0 Å². The van der Waals surface area contributed by atoms with E-state index in [1.165, 1.54) is 4.44 Å². The molecule has 0 saturated carbocycles. The summed E-state index contributed by atoms with van der Waals surface area (Å²) in [6.07, 6.45) is 0.377. The summed E-state index contributed by atoms with van der Waals surface area (Å²) in [6, 6.07) is 33.7. The minimum atomic E-state index is -7.18. The molecule has 0 unspecified atom stereocenters. The number of nitrogens with zero attached hydrogens (tertiary/aromatic N) is 2. The Morgan fingerprint density at radius 2 is 0.745 bits per heavy atom. The van der Waals surface area contributed by atoms with Gasteiger partial charge in [0.2, 0.25) is 0 Å². The summed E-state index contributed by atoms with van der Waals surface area (Å²) in [5.74, 6) is 0. The van der Waals surface area contributed by atoms with Crippen LogP contribution in [0.15, 0.2) is 121 Å². The molecule has 0 aromatic heterocycles. The third kappa shape index (κ3) is 5.60. The van der Waals surface area contributed by atoms with E-state index in [0.29, 0.717) is 21.2 Å². The lowest BCUT2D eigenvalue weighted by Crippen LogP contribution is -2.65. The number of hydrogen-bond donors (Lipinski definition) is 0. The predicted octanol–water partition coefficient (Wildman–Crippen LogP) is 6.21. The highest BCUT2D eigenvalue weighted by molar-refractivity contribution is 8.06. The van der Waals surface area contributed by atoms with Crippen LogP contribution in [0, 0.1) is 0 Å². The van der Waals surface area contributed by atoms with Crippen molar-refractivity contribution in [3.63, 3.8) is 0 Å². The Hall–Kier alpha value is -2.86. The number of halogens is 6. The molecule has 0 radical (unpaired) electrons. The van der Waals surface area contributed by atoms with Gasteiger partial charge in [-0.2, -0.15) is 26.3 Å². The summed E-state index contributed by atoms with van der Waals surface area (Å²) in [5.41, 5.74) is -15.8. The van der Waals surface area contributed by atoms with Gasteiger partial charge in [0.25, 0.3) is 0 Å². The molecular formula is C31H30F6N2O4P2S2+2. The van der Waals surface area contributed by atoms with E-state index in [0.717, 1.165) is 13.8 Å². The number of benzene rings is 4. The zero-order valence-electron chi connectivity index (χ0n) is 25.0. The third-order valence-corrected chi connectivity index (χ3v) is 23.0. The van der Waals surface area contributed by atoms with Gasteiger partial charge >= 0.3 is 31.1 Å². The SMILES string of the molecule is CC(C)(N1[P+](c2ccccc2)(c2ccccc2)CC[P+]1(c1ccccc1)c1ccccc1)N(S(=O)(=O)C(F)(F)F)S(=O)(=O)C(F)(F)F. The van der Waals surface area contributed by atoms with E-state index >= 15 is 0 Å². The first-order valence-electron chi connectivity index (χ1n) is 14.1. The number of rotatable bonds is 8. The van der Waals surface area contributed by atoms with E-state index in [1.54, 1.807) is 121 Å². The van der Waals surface area contributed by atoms with Crippen molar-refractivity contribution in [2.75, 3.05) is 12.3 Å². The van der Waals surface area contributed by atoms with Gasteiger partial charge in [0.05, 0.1) is 0 Å². The first kappa shape index (κ1) is 35.4. The standard InChI is InChI=1S/C31H30F6N2O4P2S2/c1-29(2,39(46(40,41)30(32,33)34)47(42,43)31(35,36)37)38-44(25-15-7-3-8-16-25,26-17-9-4-10-18-26)23-24-45(38,27-19-11-5-12-20-27)28-21-13-6-14-22-28/h3-22H,23-24H2,1-2H3/q+2. The molecule has 0 atom stereocenters. The maximum Gasteiger partial charge on any atom is 0.512 e. The van der Waals surface area contributed by atoms with E-state index in [2.05, 4.69) is 0 Å². The lowest BCUT2D eigenvalue weighted by atomic mass is 10.3. The molecule has 4 aromatic carbocycles. The van der Waals surface area contributed by atoms with Crippen molar-refractivity contribution in [3.8, 4) is 0 Å². The molecule has 1 aliphatic rings. The third-order valence-electron chi connectivity index (χ3n) is 8.09. The van der Waals surface area contributed by atoms with Gasteiger partial charge in [-0.3, -0.25) is 0 Å². The van der Waals surface area contributed by atoms with Crippen LogP contribution in [0.5, 0.6) is 0 Å². The van der Waals surface area contributed by atoms with Gasteiger partial charge in [0.15, 0.2) is 20.5 Å². The molecule has 47 heavy (non-hydrogen) atoms. The van der Waals surface area contributed by atoms with E-state index in [4.69, 9.17) is 0 Å². The maximum absolute atomic E-state index is 14.4. The highest BCUT2D eigenvalue weighted by atomic mass is 32.3. The highest BCUT2D eigenvalue weighted by Crippen LogP contribution is 2.85. The van der Waals surface area contributed by atoms with Crippen molar-refractivity contribution in [1.82, 2.24) is 8.15 Å². The normalized spacial score (nSPS) is 17.6. The molecule has 0 bridgehead atoms. The van der Waals surface area contributed by atoms with E-state index in [9.17, 15) is 43.2 Å². The molecule has 1 heterocycles. The van der Waals surface area contributed by atoms with Crippen LogP contribution < -0.4 is 21.2 Å². The Morgan fingerprint density at radius 1 is 0.511 bits per heavy atom. The van der Waals surface area contributed by atoms with Crippen molar-refractivity contribution in [2.24, 2.45) is 0 Å². The lowest BCUT2D eigenvalue weighted by molar-refractivity contribution is -0.0580. The Labute approximate surface area is 270 Å². The zero-order chi connectivity index (χ0) is 34.5. The fourth-order valence-corrected chi connectivity index (χ4v) is 23.6. The molecule has 5 rings (SSSR count). The molecule has 16 heteroatoms. The lowest BCUT2D eigenvalue weighted by Gasteiger charge is -2.47. The predicted molar refractivity (Wildman–Crippen MR) is 176 cm³/mol. The van der Waals surface area contributed by atoms with Crippen LogP contribution in [-0.2, 0) is 20.0 Å². The van der Waals surface area contributed by atoms with Gasteiger partial charge in [-0.05, 0) is 66.8 Å². The van der Waals surface area contributed by atoms with Crippen LogP contribution in [0.3, 0.4) is 0 Å². The minimum absolute atomic E-state index is 0.188. The minimum Gasteiger partial charge on any atom is -0.202 e. The van der Waals surface area contributed by atoms with Crippen molar-refractivity contribution >= 4 is 56.1 Å². The van der Waals surface area contributed by atoms with Crippen molar-refractivity contribution in [2.45, 2.75) is 30.5 Å². The van der Waals surface area contributed by atoms with E-state index in [-0.39, 0.29) is 12.3 Å². The molecule has 1 aliphatic heterocycles. The molecule has 0 spiro atoms. The van der Waals surface area contributed by atoms with Crippen LogP contribution in [0.2, 0.25) is 0 Å². The number of alkyl halides is 6. The van der Waals surface area contributed by atoms with Gasteiger partial charge in [-0.25, -0.2) is 16.8 Å². The summed E-state index contributed by atoms with van der Waals surface area (Å²) < 4.78 is 140. The Morgan fingerprint density at radius 3 is 0.957 bits per heavy atom. The summed E-state index contributed by atoms with van der Waals surface area (Å²) in [6.45, 7) is 1.65. The zero-order valence-corrected chi connectivity index (χ0v) is 28.4. The van der Waals surface area contributed by atoms with Crippen LogP contribution in [-0.4, -0.2) is 54.0 Å². The first-order valence-corrected chi connectivity index (χ1v) is 20.8. The van der Waals surface area contributed by atoms with Crippen LogP contribution in [0.1, 0.15) is 13.8 Å². The Balaban J connectivity index is 2.04. The smallest absolute Gasteiger partial charge is 0.202 e. The summed E-state index contributed by atoms with van der Waals surface area (Å²) in [7, 11) is -21.3. The number of sulfonamides is 2. The molecule has 0 amide bonds. The fourth-order valence-electron chi connectivity index (χ4n) is 6.50. The molecule has 6 nitrogen and oxygen atoms in total. The summed E-state index contributed by atoms with van der Waals surface area (Å²) >= 11 is 0. The molecular weight excluding hydrogens is 704 g/mol.